The van der Waals surface area contributed by atoms with Crippen LogP contribution in [-0.4, -0.2) is 32.8 Å². The first-order valence-corrected chi connectivity index (χ1v) is 4.03. The largest absolute Gasteiger partial charge is 0.388 e. The van der Waals surface area contributed by atoms with Crippen molar-refractivity contribution in [2.45, 2.75) is 25.2 Å². The van der Waals surface area contributed by atoms with Crippen molar-refractivity contribution in [3.05, 3.63) is 12.4 Å². The molecule has 1 fully saturated rings. The topological polar surface area (TPSA) is 60.2 Å². The van der Waals surface area contributed by atoms with Crippen LogP contribution in [0.15, 0.2) is 12.4 Å². The monoisotopic (exact) mass is 169 g/mol. The van der Waals surface area contributed by atoms with Crippen molar-refractivity contribution in [1.82, 2.24) is 15.0 Å². The quantitative estimate of drug-likeness (QED) is 0.640. The second-order valence-electron chi connectivity index (χ2n) is 2.85. The molecule has 0 bridgehead atoms. The summed E-state index contributed by atoms with van der Waals surface area (Å²) in [4.78, 5) is 0. The van der Waals surface area contributed by atoms with Gasteiger partial charge in [0, 0.05) is 12.8 Å². The number of hydrogen-bond acceptors (Lipinski definition) is 4. The highest BCUT2D eigenvalue weighted by Crippen LogP contribution is 2.21. The molecule has 0 amide bonds. The Kier molecular flexibility index (Phi) is 2.05. The molecule has 1 aliphatic heterocycles. The van der Waals surface area contributed by atoms with Crippen molar-refractivity contribution in [3.8, 4) is 0 Å². The van der Waals surface area contributed by atoms with Crippen LogP contribution in [0, 0.1) is 0 Å². The van der Waals surface area contributed by atoms with E-state index in [9.17, 15) is 5.11 Å². The minimum atomic E-state index is -0.458. The number of aromatic nitrogens is 3. The minimum absolute atomic E-state index is 0.346. The van der Waals surface area contributed by atoms with Gasteiger partial charge in [0.05, 0.1) is 6.20 Å². The Labute approximate surface area is 70.0 Å². The zero-order valence-corrected chi connectivity index (χ0v) is 6.63. The average Bonchev–Trinajstić information content (AvgIpc) is 2.57. The van der Waals surface area contributed by atoms with Crippen LogP contribution in [0.5, 0.6) is 0 Å². The van der Waals surface area contributed by atoms with Crippen LogP contribution in [0.4, 0.5) is 0 Å². The molecule has 2 heterocycles. The average molecular weight is 169 g/mol. The molecule has 5 nitrogen and oxygen atoms in total. The van der Waals surface area contributed by atoms with E-state index in [2.05, 4.69) is 10.3 Å². The second kappa shape index (κ2) is 3.20. The summed E-state index contributed by atoms with van der Waals surface area (Å²) in [5.41, 5.74) is 0. The van der Waals surface area contributed by atoms with E-state index in [1.54, 1.807) is 17.1 Å². The summed E-state index contributed by atoms with van der Waals surface area (Å²) in [7, 11) is 0. The molecule has 2 unspecified atom stereocenters. The van der Waals surface area contributed by atoms with Gasteiger partial charge in [0.1, 0.15) is 6.10 Å². The first-order valence-electron chi connectivity index (χ1n) is 4.03. The van der Waals surface area contributed by atoms with Crippen LogP contribution < -0.4 is 0 Å². The van der Waals surface area contributed by atoms with E-state index in [0.717, 1.165) is 12.8 Å². The van der Waals surface area contributed by atoms with Gasteiger partial charge >= 0.3 is 0 Å². The van der Waals surface area contributed by atoms with E-state index < -0.39 is 6.10 Å². The zero-order valence-electron chi connectivity index (χ0n) is 6.63. The molecule has 1 saturated heterocycles. The summed E-state index contributed by atoms with van der Waals surface area (Å²) in [6.45, 7) is 0.682. The van der Waals surface area contributed by atoms with Crippen LogP contribution in [0.3, 0.4) is 0 Å². The van der Waals surface area contributed by atoms with Gasteiger partial charge in [-0.25, -0.2) is 4.68 Å². The predicted octanol–water partition coefficient (Wildman–Crippen LogP) is -0.0520. The molecule has 1 aromatic heterocycles. The molecule has 1 aliphatic rings. The maximum atomic E-state index is 9.53. The smallest absolute Gasteiger partial charge is 0.177 e. The predicted molar refractivity (Wildman–Crippen MR) is 40.3 cm³/mol. The van der Waals surface area contributed by atoms with E-state index in [4.69, 9.17) is 4.74 Å². The van der Waals surface area contributed by atoms with Crippen LogP contribution in [-0.2, 0) is 4.74 Å². The van der Waals surface area contributed by atoms with Gasteiger partial charge in [-0.2, -0.15) is 0 Å². The van der Waals surface area contributed by atoms with Crippen LogP contribution in [0.25, 0.3) is 0 Å². The molecule has 12 heavy (non-hydrogen) atoms. The SMILES string of the molecule is OC1CCCOC1n1ccnn1. The molecular formula is C7H11N3O2. The molecule has 0 saturated carbocycles. The van der Waals surface area contributed by atoms with Crippen molar-refractivity contribution in [2.75, 3.05) is 6.61 Å². The van der Waals surface area contributed by atoms with Crippen molar-refractivity contribution in [2.24, 2.45) is 0 Å². The highest BCUT2D eigenvalue weighted by Gasteiger charge is 2.25. The van der Waals surface area contributed by atoms with Gasteiger partial charge in [0.25, 0.3) is 0 Å². The Bertz CT molecular complexity index is 237. The standard InChI is InChI=1S/C7H11N3O2/c11-6-2-1-5-12-7(6)10-4-3-8-9-10/h3-4,6-7,11H,1-2,5H2. The Balaban J connectivity index is 2.11. The fourth-order valence-corrected chi connectivity index (χ4v) is 1.36. The molecule has 1 aromatic rings. The van der Waals surface area contributed by atoms with E-state index in [1.165, 1.54) is 0 Å². The number of aliphatic hydroxyl groups is 1. The Morgan fingerprint density at radius 3 is 3.17 bits per heavy atom. The van der Waals surface area contributed by atoms with Crippen LogP contribution in [0.2, 0.25) is 0 Å². The van der Waals surface area contributed by atoms with Crippen molar-refractivity contribution >= 4 is 0 Å². The van der Waals surface area contributed by atoms with Gasteiger partial charge < -0.3 is 9.84 Å². The molecular weight excluding hydrogens is 158 g/mol. The summed E-state index contributed by atoms with van der Waals surface area (Å²) in [6.07, 6.45) is 4.14. The molecule has 1 N–H and O–H groups in total. The van der Waals surface area contributed by atoms with Gasteiger partial charge in [0.2, 0.25) is 0 Å². The van der Waals surface area contributed by atoms with Crippen LogP contribution in [0.1, 0.15) is 19.1 Å². The number of ether oxygens (including phenoxy) is 1. The fraction of sp³-hybridized carbons (Fsp3) is 0.714. The summed E-state index contributed by atoms with van der Waals surface area (Å²) in [6, 6.07) is 0. The maximum absolute atomic E-state index is 9.53. The lowest BCUT2D eigenvalue weighted by Crippen LogP contribution is -2.31. The van der Waals surface area contributed by atoms with Crippen molar-refractivity contribution in [3.63, 3.8) is 0 Å². The first kappa shape index (κ1) is 7.70. The van der Waals surface area contributed by atoms with E-state index in [-0.39, 0.29) is 6.23 Å². The van der Waals surface area contributed by atoms with Crippen LogP contribution >= 0.6 is 0 Å². The fourth-order valence-electron chi connectivity index (χ4n) is 1.36. The second-order valence-corrected chi connectivity index (χ2v) is 2.85. The van der Waals surface area contributed by atoms with E-state index in [0.29, 0.717) is 6.61 Å². The van der Waals surface area contributed by atoms with E-state index in [1.807, 2.05) is 0 Å². The summed E-state index contributed by atoms with van der Waals surface area (Å²) >= 11 is 0. The van der Waals surface area contributed by atoms with E-state index >= 15 is 0 Å². The molecule has 0 spiro atoms. The Hall–Kier alpha value is -0.940. The Morgan fingerprint density at radius 1 is 1.58 bits per heavy atom. The van der Waals surface area contributed by atoms with Crippen molar-refractivity contribution in [1.29, 1.82) is 0 Å². The molecule has 2 atom stereocenters. The molecule has 0 radical (unpaired) electrons. The number of hydrogen-bond donors (Lipinski definition) is 1. The van der Waals surface area contributed by atoms with Gasteiger partial charge in [-0.15, -0.1) is 5.10 Å². The van der Waals surface area contributed by atoms with Gasteiger partial charge in [-0.05, 0) is 12.8 Å². The molecule has 0 aromatic carbocycles. The number of rotatable bonds is 1. The lowest BCUT2D eigenvalue weighted by molar-refractivity contribution is -0.120. The number of aliphatic hydroxyl groups excluding tert-OH is 1. The maximum Gasteiger partial charge on any atom is 0.177 e. The summed E-state index contributed by atoms with van der Waals surface area (Å²) in [5, 5.41) is 17.0. The third kappa shape index (κ3) is 1.33. The summed E-state index contributed by atoms with van der Waals surface area (Å²) in [5.74, 6) is 0. The number of nitrogens with zero attached hydrogens (tertiary/aromatic N) is 3. The lowest BCUT2D eigenvalue weighted by atomic mass is 10.1. The lowest BCUT2D eigenvalue weighted by Gasteiger charge is -2.27. The highest BCUT2D eigenvalue weighted by molar-refractivity contribution is 4.74. The first-order chi connectivity index (χ1) is 5.88. The third-order valence-electron chi connectivity index (χ3n) is 1.96. The Morgan fingerprint density at radius 2 is 2.50 bits per heavy atom. The summed E-state index contributed by atoms with van der Waals surface area (Å²) < 4.78 is 6.89. The normalized spacial score (nSPS) is 30.4. The van der Waals surface area contributed by atoms with Gasteiger partial charge in [-0.3, -0.25) is 0 Å². The highest BCUT2D eigenvalue weighted by atomic mass is 16.5. The molecule has 0 aliphatic carbocycles. The molecule has 66 valence electrons. The molecule has 2 rings (SSSR count). The molecule has 5 heteroatoms. The minimum Gasteiger partial charge on any atom is -0.388 e. The zero-order chi connectivity index (χ0) is 8.39. The van der Waals surface area contributed by atoms with Gasteiger partial charge in [0.15, 0.2) is 6.23 Å². The third-order valence-corrected chi connectivity index (χ3v) is 1.96. The van der Waals surface area contributed by atoms with Crippen molar-refractivity contribution < 1.29 is 9.84 Å². The van der Waals surface area contributed by atoms with Gasteiger partial charge in [-0.1, -0.05) is 5.21 Å².